The number of aryl methyl sites for hydroxylation is 1. The molecule has 6 rings (SSSR count). The fourth-order valence-electron chi connectivity index (χ4n) is 5.05. The summed E-state index contributed by atoms with van der Waals surface area (Å²) < 4.78 is 9.90. The fraction of sp³-hybridized carbons (Fsp3) is 0.138. The zero-order chi connectivity index (χ0) is 22.9. The minimum atomic E-state index is -2.28. The van der Waals surface area contributed by atoms with Crippen molar-refractivity contribution in [3.05, 3.63) is 95.7 Å². The van der Waals surface area contributed by atoms with Crippen molar-refractivity contribution in [2.45, 2.75) is 24.2 Å². The fourth-order valence-corrected chi connectivity index (χ4v) is 8.37. The van der Waals surface area contributed by atoms with Crippen LogP contribution in [0.1, 0.15) is 16.7 Å². The number of furan rings is 1. The Labute approximate surface area is 196 Å². The van der Waals surface area contributed by atoms with Crippen LogP contribution in [-0.2, 0) is 0 Å². The average molecular weight is 491 g/mol. The number of rotatable bonds is 2. The van der Waals surface area contributed by atoms with Crippen molar-refractivity contribution in [2.75, 3.05) is 0 Å². The summed E-state index contributed by atoms with van der Waals surface area (Å²) in [5.74, 6) is 7.39. The number of hydrogen-bond donors (Lipinski definition) is 0. The van der Waals surface area contributed by atoms with Crippen LogP contribution in [0.4, 0.5) is 5.69 Å². The van der Waals surface area contributed by atoms with E-state index in [2.05, 4.69) is 101 Å². The Bertz CT molecular complexity index is 1630. The van der Waals surface area contributed by atoms with Crippen LogP contribution in [0.15, 0.2) is 77.4 Å². The first-order chi connectivity index (χ1) is 15.8. The van der Waals surface area contributed by atoms with Crippen LogP contribution in [0.25, 0.3) is 37.2 Å². The molecule has 0 amide bonds. The SMILES string of the molecule is C=[N+]1c2ccc3ccccc3c2[C]([Ge]([CH3])([CH3])[CH3])=C[C-]1c1cc(C)cc2c1[o+][c-]1ncccc21. The molecule has 3 heterocycles. The summed E-state index contributed by atoms with van der Waals surface area (Å²) in [7, 11) is 0. The number of hydrogen-bond acceptors (Lipinski definition) is 1. The van der Waals surface area contributed by atoms with Crippen LogP contribution in [0, 0.1) is 13.0 Å². The van der Waals surface area contributed by atoms with Crippen molar-refractivity contribution in [3.63, 3.8) is 0 Å². The predicted molar refractivity (Wildman–Crippen MR) is 141 cm³/mol. The molecule has 3 nitrogen and oxygen atoms in total. The molecule has 0 atom stereocenters. The molecule has 0 N–H and O–H groups in total. The van der Waals surface area contributed by atoms with Crippen LogP contribution >= 0.6 is 0 Å². The van der Waals surface area contributed by atoms with Crippen molar-refractivity contribution in [2.24, 2.45) is 0 Å². The Balaban J connectivity index is 1.67. The molecule has 1 aliphatic heterocycles. The molecule has 4 heteroatoms. The average Bonchev–Trinajstić information content (AvgIpc) is 3.16. The summed E-state index contributed by atoms with van der Waals surface area (Å²) in [5.41, 5.74) is 6.32. The summed E-state index contributed by atoms with van der Waals surface area (Å²) in [5, 5.41) is 4.72. The summed E-state index contributed by atoms with van der Waals surface area (Å²) in [4.78, 5) is 4.47. The number of aromatic nitrogens is 1. The molecule has 5 aromatic rings. The van der Waals surface area contributed by atoms with Gasteiger partial charge >= 0.3 is 197 Å². The topological polar surface area (TPSA) is 27.2 Å². The minimum absolute atomic E-state index is 0.676. The Morgan fingerprint density at radius 3 is 2.61 bits per heavy atom. The van der Waals surface area contributed by atoms with E-state index in [0.717, 1.165) is 33.6 Å². The first-order valence-corrected chi connectivity index (χ1v) is 18.7. The standard InChI is InChI=1S/C29H26GeN2O/c1-18-15-22-21-11-8-14-31-29(21)33-28(22)23(16-18)26-17-24(30(2,3)4)27-20-10-7-6-9-19(20)12-13-25(27)32(26)5/h6-17H,5H2,1-4H3. The molecule has 0 unspecified atom stereocenters. The summed E-state index contributed by atoms with van der Waals surface area (Å²) in [6, 6.07) is 22.6. The number of nitrogens with zero attached hydrogens (tertiary/aromatic N) is 2. The van der Waals surface area contributed by atoms with Gasteiger partial charge in [0.05, 0.1) is 0 Å². The Hall–Kier alpha value is -3.31. The van der Waals surface area contributed by atoms with Crippen LogP contribution < -0.4 is 0 Å². The molecule has 33 heavy (non-hydrogen) atoms. The molecule has 0 radical (unpaired) electrons. The van der Waals surface area contributed by atoms with E-state index in [-0.39, 0.29) is 0 Å². The van der Waals surface area contributed by atoms with Gasteiger partial charge in [0, 0.05) is 0 Å². The molecule has 0 aliphatic carbocycles. The molecule has 2 aromatic heterocycles. The third kappa shape index (κ3) is 3.06. The van der Waals surface area contributed by atoms with E-state index >= 15 is 0 Å². The van der Waals surface area contributed by atoms with E-state index in [9.17, 15) is 0 Å². The maximum absolute atomic E-state index is 6.32. The zero-order valence-corrected chi connectivity index (χ0v) is 21.5. The molecule has 3 aromatic carbocycles. The van der Waals surface area contributed by atoms with E-state index in [4.69, 9.17) is 4.42 Å². The van der Waals surface area contributed by atoms with Gasteiger partial charge in [-0.05, 0) is 0 Å². The van der Waals surface area contributed by atoms with Gasteiger partial charge in [0.15, 0.2) is 0 Å². The van der Waals surface area contributed by atoms with Gasteiger partial charge in [-0.15, -0.1) is 0 Å². The number of pyridine rings is 1. The van der Waals surface area contributed by atoms with Gasteiger partial charge in [0.25, 0.3) is 0 Å². The van der Waals surface area contributed by atoms with Crippen LogP contribution in [0.5, 0.6) is 0 Å². The van der Waals surface area contributed by atoms with Gasteiger partial charge in [-0.2, -0.15) is 0 Å². The van der Waals surface area contributed by atoms with Gasteiger partial charge in [-0.3, -0.25) is 0 Å². The second-order valence-corrected chi connectivity index (χ2v) is 20.5. The van der Waals surface area contributed by atoms with Crippen LogP contribution in [-0.4, -0.2) is 29.5 Å². The number of benzene rings is 3. The van der Waals surface area contributed by atoms with Crippen LogP contribution in [0.2, 0.25) is 17.3 Å². The summed E-state index contributed by atoms with van der Waals surface area (Å²) in [6.07, 6.45) is 4.17. The second-order valence-electron chi connectivity index (χ2n) is 9.95. The predicted octanol–water partition coefficient (Wildman–Crippen LogP) is 7.64. The Kier molecular flexibility index (Phi) is 4.37. The molecule has 1 aliphatic rings. The van der Waals surface area contributed by atoms with Gasteiger partial charge in [-0.25, -0.2) is 0 Å². The van der Waals surface area contributed by atoms with Gasteiger partial charge < -0.3 is 0 Å². The van der Waals surface area contributed by atoms with Gasteiger partial charge in [0.2, 0.25) is 0 Å². The second kappa shape index (κ2) is 7.09. The summed E-state index contributed by atoms with van der Waals surface area (Å²) >= 11 is -2.28. The number of fused-ring (bicyclic) bond motifs is 6. The first kappa shape index (κ1) is 20.3. The van der Waals surface area contributed by atoms with Gasteiger partial charge in [-0.1, -0.05) is 0 Å². The Morgan fingerprint density at radius 1 is 0.970 bits per heavy atom. The quantitative estimate of drug-likeness (QED) is 0.110. The Morgan fingerprint density at radius 2 is 1.79 bits per heavy atom. The summed E-state index contributed by atoms with van der Waals surface area (Å²) in [6.45, 7) is 6.67. The van der Waals surface area contributed by atoms with Crippen molar-refractivity contribution in [1.82, 2.24) is 4.98 Å². The molecular formula is C29H26GeN2O. The first-order valence-electron chi connectivity index (χ1n) is 11.3. The monoisotopic (exact) mass is 492 g/mol. The molecule has 0 spiro atoms. The van der Waals surface area contributed by atoms with Crippen LogP contribution in [0.3, 0.4) is 0 Å². The molecule has 0 saturated heterocycles. The molecule has 162 valence electrons. The molecular weight excluding hydrogens is 465 g/mol. The molecule has 0 fully saturated rings. The van der Waals surface area contributed by atoms with E-state index in [1.807, 2.05) is 6.07 Å². The zero-order valence-electron chi connectivity index (χ0n) is 19.4. The molecule has 0 bridgehead atoms. The third-order valence-electron chi connectivity index (χ3n) is 6.62. The van der Waals surface area contributed by atoms with Crippen molar-refractivity contribution >= 4 is 62.9 Å². The maximum atomic E-state index is 6.32. The van der Waals surface area contributed by atoms with Gasteiger partial charge in [0.1, 0.15) is 0 Å². The normalized spacial score (nSPS) is 14.2. The third-order valence-corrected chi connectivity index (χ3v) is 10.8. The van der Waals surface area contributed by atoms with E-state index in [1.165, 1.54) is 26.3 Å². The van der Waals surface area contributed by atoms with Crippen molar-refractivity contribution in [3.8, 4) is 0 Å². The van der Waals surface area contributed by atoms with Crippen molar-refractivity contribution in [1.29, 1.82) is 0 Å². The van der Waals surface area contributed by atoms with E-state index in [1.54, 1.807) is 6.20 Å². The van der Waals surface area contributed by atoms with E-state index in [0.29, 0.717) is 5.71 Å². The molecule has 0 saturated carbocycles. The van der Waals surface area contributed by atoms with Crippen molar-refractivity contribution < 1.29 is 8.99 Å². The van der Waals surface area contributed by atoms with E-state index < -0.39 is 13.3 Å².